The minimum absolute atomic E-state index is 0.0173. The van der Waals surface area contributed by atoms with Gasteiger partial charge < -0.3 is 14.4 Å². The van der Waals surface area contributed by atoms with E-state index < -0.39 is 0 Å². The molecule has 2 amide bonds. The van der Waals surface area contributed by atoms with Gasteiger partial charge in [-0.1, -0.05) is 36.4 Å². The summed E-state index contributed by atoms with van der Waals surface area (Å²) in [5.74, 6) is 0.00733. The number of carbonyl (C=O) groups excluding carboxylic acids is 2. The molecule has 2 heterocycles. The average Bonchev–Trinajstić information content (AvgIpc) is 3.11. The van der Waals surface area contributed by atoms with Crippen molar-refractivity contribution in [2.75, 3.05) is 26.2 Å². The SMILES string of the molecule is Cc1cc(/C=C/C(=O)N2CCN(C(=O)c3ccccc3)CC2)c(C)n1-c1ccccc1. The molecule has 158 valence electrons. The normalized spacial score (nSPS) is 14.3. The first-order valence-corrected chi connectivity index (χ1v) is 10.6. The summed E-state index contributed by atoms with van der Waals surface area (Å²) in [7, 11) is 0. The number of rotatable bonds is 4. The summed E-state index contributed by atoms with van der Waals surface area (Å²) >= 11 is 0. The lowest BCUT2D eigenvalue weighted by molar-refractivity contribution is -0.127. The van der Waals surface area contributed by atoms with Gasteiger partial charge in [-0.25, -0.2) is 0 Å². The molecule has 1 aliphatic heterocycles. The number of amides is 2. The van der Waals surface area contributed by atoms with Crippen LogP contribution in [0.15, 0.2) is 72.8 Å². The molecule has 0 spiro atoms. The van der Waals surface area contributed by atoms with Gasteiger partial charge in [0.15, 0.2) is 0 Å². The predicted octanol–water partition coefficient (Wildman–Crippen LogP) is 4.09. The second-order valence-corrected chi connectivity index (χ2v) is 7.81. The first-order valence-electron chi connectivity index (χ1n) is 10.6. The second-order valence-electron chi connectivity index (χ2n) is 7.81. The van der Waals surface area contributed by atoms with Gasteiger partial charge in [0.2, 0.25) is 5.91 Å². The standard InChI is InChI=1S/C26H27N3O2/c1-20-19-23(21(2)29(20)24-11-7-4-8-12-24)13-14-25(30)27-15-17-28(18-16-27)26(31)22-9-5-3-6-10-22/h3-14,19H,15-18H2,1-2H3/b14-13+. The Labute approximate surface area is 183 Å². The molecular weight excluding hydrogens is 386 g/mol. The molecule has 0 atom stereocenters. The van der Waals surface area contributed by atoms with Gasteiger partial charge in [0.25, 0.3) is 5.91 Å². The third kappa shape index (κ3) is 4.45. The number of hydrogen-bond donors (Lipinski definition) is 0. The molecule has 5 nitrogen and oxygen atoms in total. The molecule has 0 bridgehead atoms. The smallest absolute Gasteiger partial charge is 0.253 e. The summed E-state index contributed by atoms with van der Waals surface area (Å²) in [5.41, 5.74) is 5.07. The lowest BCUT2D eigenvalue weighted by Crippen LogP contribution is -2.50. The number of benzene rings is 2. The molecule has 31 heavy (non-hydrogen) atoms. The summed E-state index contributed by atoms with van der Waals surface area (Å²) in [4.78, 5) is 28.9. The second kappa shape index (κ2) is 9.04. The minimum atomic E-state index is -0.0173. The van der Waals surface area contributed by atoms with E-state index in [0.717, 1.165) is 22.6 Å². The summed E-state index contributed by atoms with van der Waals surface area (Å²) in [5, 5.41) is 0. The van der Waals surface area contributed by atoms with E-state index in [4.69, 9.17) is 0 Å². The average molecular weight is 414 g/mol. The monoisotopic (exact) mass is 413 g/mol. The highest BCUT2D eigenvalue weighted by molar-refractivity contribution is 5.95. The maximum absolute atomic E-state index is 12.7. The van der Waals surface area contributed by atoms with E-state index in [2.05, 4.69) is 36.6 Å². The molecule has 2 aromatic carbocycles. The van der Waals surface area contributed by atoms with Gasteiger partial charge in [0.05, 0.1) is 0 Å². The molecule has 4 rings (SSSR count). The van der Waals surface area contributed by atoms with Gasteiger partial charge >= 0.3 is 0 Å². The van der Waals surface area contributed by atoms with Crippen LogP contribution in [0.25, 0.3) is 11.8 Å². The summed E-state index contributed by atoms with van der Waals surface area (Å²) < 4.78 is 2.19. The Balaban J connectivity index is 1.39. The molecule has 0 saturated carbocycles. The zero-order valence-electron chi connectivity index (χ0n) is 18.0. The van der Waals surface area contributed by atoms with Crippen LogP contribution < -0.4 is 0 Å². The third-order valence-corrected chi connectivity index (χ3v) is 5.79. The molecule has 0 radical (unpaired) electrons. The van der Waals surface area contributed by atoms with Crippen LogP contribution in [-0.4, -0.2) is 52.4 Å². The van der Waals surface area contributed by atoms with Crippen LogP contribution in [0.2, 0.25) is 0 Å². The number of carbonyl (C=O) groups is 2. The maximum atomic E-state index is 12.7. The van der Waals surface area contributed by atoms with Crippen molar-refractivity contribution < 1.29 is 9.59 Å². The summed E-state index contributed by atoms with van der Waals surface area (Å²) in [6, 6.07) is 21.6. The van der Waals surface area contributed by atoms with Gasteiger partial charge in [0, 0.05) is 54.9 Å². The highest BCUT2D eigenvalue weighted by Gasteiger charge is 2.23. The first-order chi connectivity index (χ1) is 15.0. The van der Waals surface area contributed by atoms with E-state index >= 15 is 0 Å². The van der Waals surface area contributed by atoms with Gasteiger partial charge in [-0.05, 0) is 55.8 Å². The fourth-order valence-corrected chi connectivity index (χ4v) is 4.09. The van der Waals surface area contributed by atoms with E-state index in [1.54, 1.807) is 6.08 Å². The van der Waals surface area contributed by atoms with Crippen molar-refractivity contribution in [1.29, 1.82) is 0 Å². The number of aromatic nitrogens is 1. The van der Waals surface area contributed by atoms with Crippen LogP contribution >= 0.6 is 0 Å². The number of para-hydroxylation sites is 1. The zero-order valence-corrected chi connectivity index (χ0v) is 18.0. The van der Waals surface area contributed by atoms with Gasteiger partial charge in [0.1, 0.15) is 0 Å². The Morgan fingerprint density at radius 2 is 1.39 bits per heavy atom. The van der Waals surface area contributed by atoms with Crippen molar-refractivity contribution in [3.05, 3.63) is 95.3 Å². The minimum Gasteiger partial charge on any atom is -0.336 e. The quantitative estimate of drug-likeness (QED) is 0.605. The van der Waals surface area contributed by atoms with Crippen molar-refractivity contribution in [2.24, 2.45) is 0 Å². The highest BCUT2D eigenvalue weighted by atomic mass is 16.2. The predicted molar refractivity (Wildman–Crippen MR) is 123 cm³/mol. The van der Waals surface area contributed by atoms with E-state index in [-0.39, 0.29) is 11.8 Å². The molecule has 1 aromatic heterocycles. The van der Waals surface area contributed by atoms with E-state index in [9.17, 15) is 9.59 Å². The third-order valence-electron chi connectivity index (χ3n) is 5.79. The van der Waals surface area contributed by atoms with Crippen molar-refractivity contribution in [3.8, 4) is 5.69 Å². The molecule has 3 aromatic rings. The van der Waals surface area contributed by atoms with Crippen molar-refractivity contribution >= 4 is 17.9 Å². The van der Waals surface area contributed by atoms with Crippen LogP contribution in [-0.2, 0) is 4.79 Å². The van der Waals surface area contributed by atoms with Crippen molar-refractivity contribution in [2.45, 2.75) is 13.8 Å². The molecular formula is C26H27N3O2. The molecule has 0 aliphatic carbocycles. The Morgan fingerprint density at radius 3 is 2.03 bits per heavy atom. The fourth-order valence-electron chi connectivity index (χ4n) is 4.09. The summed E-state index contributed by atoms with van der Waals surface area (Å²) in [6.45, 7) is 6.33. The number of hydrogen-bond acceptors (Lipinski definition) is 2. The van der Waals surface area contributed by atoms with E-state index in [0.29, 0.717) is 31.7 Å². The molecule has 1 saturated heterocycles. The Hall–Kier alpha value is -3.60. The Morgan fingerprint density at radius 1 is 0.806 bits per heavy atom. The van der Waals surface area contributed by atoms with E-state index in [1.807, 2.05) is 64.4 Å². The lowest BCUT2D eigenvalue weighted by Gasteiger charge is -2.34. The van der Waals surface area contributed by atoms with Crippen molar-refractivity contribution in [3.63, 3.8) is 0 Å². The lowest BCUT2D eigenvalue weighted by atomic mass is 10.2. The topological polar surface area (TPSA) is 45.6 Å². The maximum Gasteiger partial charge on any atom is 0.253 e. The Bertz CT molecular complexity index is 1090. The molecule has 1 fully saturated rings. The van der Waals surface area contributed by atoms with E-state index in [1.165, 1.54) is 0 Å². The molecule has 5 heteroatoms. The number of aryl methyl sites for hydroxylation is 1. The fraction of sp³-hybridized carbons (Fsp3) is 0.231. The van der Waals surface area contributed by atoms with Crippen LogP contribution in [0.5, 0.6) is 0 Å². The number of piperazine rings is 1. The number of nitrogens with zero attached hydrogens (tertiary/aromatic N) is 3. The van der Waals surface area contributed by atoms with Crippen LogP contribution in [0.4, 0.5) is 0 Å². The van der Waals surface area contributed by atoms with Crippen molar-refractivity contribution in [1.82, 2.24) is 14.4 Å². The van der Waals surface area contributed by atoms with Gasteiger partial charge in [-0.3, -0.25) is 9.59 Å². The Kier molecular flexibility index (Phi) is 6.03. The zero-order chi connectivity index (χ0) is 21.8. The highest BCUT2D eigenvalue weighted by Crippen LogP contribution is 2.22. The van der Waals surface area contributed by atoms with Crippen LogP contribution in [0, 0.1) is 13.8 Å². The molecule has 0 unspecified atom stereocenters. The van der Waals surface area contributed by atoms with Crippen LogP contribution in [0.3, 0.4) is 0 Å². The molecule has 0 N–H and O–H groups in total. The largest absolute Gasteiger partial charge is 0.336 e. The van der Waals surface area contributed by atoms with Gasteiger partial charge in [-0.2, -0.15) is 0 Å². The molecule has 1 aliphatic rings. The van der Waals surface area contributed by atoms with Crippen LogP contribution in [0.1, 0.15) is 27.3 Å². The summed E-state index contributed by atoms with van der Waals surface area (Å²) in [6.07, 6.45) is 3.54. The first kappa shape index (κ1) is 20.7. The van der Waals surface area contributed by atoms with Gasteiger partial charge in [-0.15, -0.1) is 0 Å².